The highest BCUT2D eigenvalue weighted by Gasteiger charge is 2.54. The van der Waals surface area contributed by atoms with Crippen LogP contribution >= 0.6 is 0 Å². The van der Waals surface area contributed by atoms with Crippen molar-refractivity contribution in [2.45, 2.75) is 19.3 Å². The SMILES string of the molecule is O=C(/C=C/c1cccnc1)NCCC1[C@H]2CN(CC3CCOCC3)C[C@@H]12. The zero-order valence-corrected chi connectivity index (χ0v) is 15.3. The Morgan fingerprint density at radius 3 is 2.85 bits per heavy atom. The maximum absolute atomic E-state index is 11.9. The Balaban J connectivity index is 1.10. The van der Waals surface area contributed by atoms with Crippen molar-refractivity contribution in [3.8, 4) is 0 Å². The van der Waals surface area contributed by atoms with Crippen molar-refractivity contribution >= 4 is 12.0 Å². The number of nitrogens with one attached hydrogen (secondary N) is 1. The van der Waals surface area contributed by atoms with E-state index in [0.717, 1.165) is 55.4 Å². The second kappa shape index (κ2) is 8.31. The average molecular weight is 355 g/mol. The first-order valence-electron chi connectivity index (χ1n) is 9.95. The van der Waals surface area contributed by atoms with Gasteiger partial charge < -0.3 is 15.0 Å². The maximum atomic E-state index is 11.9. The number of pyridine rings is 1. The van der Waals surface area contributed by atoms with Gasteiger partial charge in [-0.05, 0) is 60.6 Å². The molecule has 0 spiro atoms. The van der Waals surface area contributed by atoms with Crippen molar-refractivity contribution in [3.63, 3.8) is 0 Å². The molecule has 1 unspecified atom stereocenters. The van der Waals surface area contributed by atoms with E-state index in [1.165, 1.54) is 32.5 Å². The highest BCUT2D eigenvalue weighted by Crippen LogP contribution is 2.53. The van der Waals surface area contributed by atoms with Crippen LogP contribution in [-0.4, -0.2) is 55.2 Å². The number of carbonyl (C=O) groups is 1. The molecule has 1 aliphatic carbocycles. The van der Waals surface area contributed by atoms with Gasteiger partial charge in [-0.3, -0.25) is 9.78 Å². The highest BCUT2D eigenvalue weighted by atomic mass is 16.5. The number of nitrogens with zero attached hydrogens (tertiary/aromatic N) is 2. The Hall–Kier alpha value is -1.72. The fourth-order valence-corrected chi connectivity index (χ4v) is 4.68. The lowest BCUT2D eigenvalue weighted by atomic mass is 9.99. The number of aromatic nitrogens is 1. The van der Waals surface area contributed by atoms with Crippen LogP contribution in [0, 0.1) is 23.7 Å². The van der Waals surface area contributed by atoms with E-state index in [4.69, 9.17) is 4.74 Å². The zero-order valence-electron chi connectivity index (χ0n) is 15.3. The van der Waals surface area contributed by atoms with Crippen LogP contribution in [0.1, 0.15) is 24.8 Å². The van der Waals surface area contributed by atoms with E-state index >= 15 is 0 Å². The van der Waals surface area contributed by atoms with Crippen molar-refractivity contribution in [1.29, 1.82) is 0 Å². The minimum Gasteiger partial charge on any atom is -0.381 e. The molecule has 4 rings (SSSR count). The van der Waals surface area contributed by atoms with Gasteiger partial charge in [0.2, 0.25) is 5.91 Å². The van der Waals surface area contributed by atoms with Crippen molar-refractivity contribution in [3.05, 3.63) is 36.2 Å². The largest absolute Gasteiger partial charge is 0.381 e. The number of hydrogen-bond acceptors (Lipinski definition) is 4. The molecule has 1 N–H and O–H groups in total. The first-order valence-corrected chi connectivity index (χ1v) is 9.95. The van der Waals surface area contributed by atoms with E-state index < -0.39 is 0 Å². The number of fused-ring (bicyclic) bond motifs is 1. The lowest BCUT2D eigenvalue weighted by Crippen LogP contribution is -2.33. The fraction of sp³-hybridized carbons (Fsp3) is 0.619. The first-order chi connectivity index (χ1) is 12.8. The topological polar surface area (TPSA) is 54.5 Å². The third-order valence-corrected chi connectivity index (χ3v) is 6.19. The standard InChI is InChI=1S/C21H29N3O2/c25-21(4-3-16-2-1-8-22-12-16)23-9-5-18-19-14-24(15-20(18)19)13-17-6-10-26-11-7-17/h1-4,8,12,17-20H,5-7,9-11,13-15H2,(H,23,25)/b4-3+/t18?,19-,20+. The van der Waals surface area contributed by atoms with Crippen molar-refractivity contribution in [2.75, 3.05) is 39.4 Å². The summed E-state index contributed by atoms with van der Waals surface area (Å²) in [5, 5.41) is 3.02. The zero-order chi connectivity index (χ0) is 17.8. The third-order valence-electron chi connectivity index (χ3n) is 6.19. The summed E-state index contributed by atoms with van der Waals surface area (Å²) in [5.41, 5.74) is 0.948. The summed E-state index contributed by atoms with van der Waals surface area (Å²) in [6.45, 7) is 6.47. The molecule has 2 aliphatic heterocycles. The van der Waals surface area contributed by atoms with Crippen LogP contribution in [0.2, 0.25) is 0 Å². The molecule has 1 aromatic heterocycles. The molecule has 1 amide bonds. The molecule has 0 bridgehead atoms. The van der Waals surface area contributed by atoms with E-state index in [0.29, 0.717) is 0 Å². The van der Waals surface area contributed by atoms with E-state index in [1.807, 2.05) is 18.2 Å². The second-order valence-corrected chi connectivity index (χ2v) is 7.97. The summed E-state index contributed by atoms with van der Waals surface area (Å²) in [5.74, 6) is 3.39. The van der Waals surface area contributed by atoms with Crippen LogP contribution in [-0.2, 0) is 9.53 Å². The number of amides is 1. The van der Waals surface area contributed by atoms with Crippen LogP contribution in [0.3, 0.4) is 0 Å². The molecular weight excluding hydrogens is 326 g/mol. The highest BCUT2D eigenvalue weighted by molar-refractivity contribution is 5.91. The minimum atomic E-state index is -0.0131. The van der Waals surface area contributed by atoms with Crippen molar-refractivity contribution < 1.29 is 9.53 Å². The Morgan fingerprint density at radius 2 is 2.12 bits per heavy atom. The number of ether oxygens (including phenoxy) is 1. The molecule has 1 saturated carbocycles. The number of carbonyl (C=O) groups excluding carboxylic acids is 1. The second-order valence-electron chi connectivity index (χ2n) is 7.97. The van der Waals surface area contributed by atoms with Gasteiger partial charge in [-0.15, -0.1) is 0 Å². The number of rotatable bonds is 7. The van der Waals surface area contributed by atoms with E-state index in [9.17, 15) is 4.79 Å². The van der Waals surface area contributed by atoms with Gasteiger partial charge >= 0.3 is 0 Å². The maximum Gasteiger partial charge on any atom is 0.244 e. The first kappa shape index (κ1) is 17.7. The molecule has 1 aromatic rings. The van der Waals surface area contributed by atoms with E-state index in [-0.39, 0.29) is 5.91 Å². The van der Waals surface area contributed by atoms with Gasteiger partial charge in [-0.2, -0.15) is 0 Å². The van der Waals surface area contributed by atoms with Crippen LogP contribution in [0.25, 0.3) is 6.08 Å². The summed E-state index contributed by atoms with van der Waals surface area (Å²) in [6, 6.07) is 3.81. The predicted molar refractivity (Wildman–Crippen MR) is 101 cm³/mol. The lowest BCUT2D eigenvalue weighted by molar-refractivity contribution is -0.116. The van der Waals surface area contributed by atoms with E-state index in [1.54, 1.807) is 18.5 Å². The van der Waals surface area contributed by atoms with Crippen LogP contribution in [0.15, 0.2) is 30.6 Å². The minimum absolute atomic E-state index is 0.0131. The third kappa shape index (κ3) is 4.51. The molecule has 3 aliphatic rings. The molecule has 5 heteroatoms. The Kier molecular flexibility index (Phi) is 5.65. The molecule has 3 atom stereocenters. The molecule has 26 heavy (non-hydrogen) atoms. The van der Waals surface area contributed by atoms with Crippen LogP contribution in [0.4, 0.5) is 0 Å². The van der Waals surface area contributed by atoms with Gasteiger partial charge in [-0.25, -0.2) is 0 Å². The summed E-state index contributed by atoms with van der Waals surface area (Å²) in [7, 11) is 0. The Labute approximate surface area is 155 Å². The molecule has 0 radical (unpaired) electrons. The van der Waals surface area contributed by atoms with Gasteiger partial charge in [0.05, 0.1) is 0 Å². The van der Waals surface area contributed by atoms with Gasteiger partial charge in [0.25, 0.3) is 0 Å². The van der Waals surface area contributed by atoms with E-state index in [2.05, 4.69) is 15.2 Å². The van der Waals surface area contributed by atoms with Crippen molar-refractivity contribution in [1.82, 2.24) is 15.2 Å². The fourth-order valence-electron chi connectivity index (χ4n) is 4.68. The molecule has 3 heterocycles. The lowest BCUT2D eigenvalue weighted by Gasteiger charge is -2.28. The van der Waals surface area contributed by atoms with Gasteiger partial charge in [0, 0.05) is 57.9 Å². The Morgan fingerprint density at radius 1 is 1.31 bits per heavy atom. The summed E-state index contributed by atoms with van der Waals surface area (Å²) in [4.78, 5) is 18.6. The molecular formula is C21H29N3O2. The molecule has 2 saturated heterocycles. The van der Waals surface area contributed by atoms with Crippen LogP contribution < -0.4 is 5.32 Å². The Bertz CT molecular complexity index is 615. The number of likely N-dealkylation sites (tertiary alicyclic amines) is 1. The van der Waals surface area contributed by atoms with Crippen LogP contribution in [0.5, 0.6) is 0 Å². The van der Waals surface area contributed by atoms with Gasteiger partial charge in [0.15, 0.2) is 0 Å². The number of hydrogen-bond donors (Lipinski definition) is 1. The predicted octanol–water partition coefficient (Wildman–Crippen LogP) is 2.21. The smallest absolute Gasteiger partial charge is 0.244 e. The van der Waals surface area contributed by atoms with Gasteiger partial charge in [-0.1, -0.05) is 6.07 Å². The quantitative estimate of drug-likeness (QED) is 0.762. The van der Waals surface area contributed by atoms with Crippen molar-refractivity contribution in [2.24, 2.45) is 23.7 Å². The summed E-state index contributed by atoms with van der Waals surface area (Å²) in [6.07, 6.45) is 10.5. The van der Waals surface area contributed by atoms with Gasteiger partial charge in [0.1, 0.15) is 0 Å². The summed E-state index contributed by atoms with van der Waals surface area (Å²) < 4.78 is 5.46. The summed E-state index contributed by atoms with van der Waals surface area (Å²) >= 11 is 0. The monoisotopic (exact) mass is 355 g/mol. The molecule has 140 valence electrons. The normalized spacial score (nSPS) is 29.0. The average Bonchev–Trinajstić information content (AvgIpc) is 3.12. The molecule has 3 fully saturated rings. The molecule has 0 aromatic carbocycles. The number of piperidine rings is 1. The molecule has 5 nitrogen and oxygen atoms in total.